The molecule has 0 saturated heterocycles. The summed E-state index contributed by atoms with van der Waals surface area (Å²) in [7, 11) is 0. The average Bonchev–Trinajstić information content (AvgIpc) is 2.44. The molecule has 0 heterocycles. The first-order valence-corrected chi connectivity index (χ1v) is 7.87. The molecule has 110 valence electrons. The summed E-state index contributed by atoms with van der Waals surface area (Å²) in [5.74, 6) is 0.228. The minimum Gasteiger partial charge on any atom is -0.398 e. The maximum absolute atomic E-state index is 12.0. The third kappa shape index (κ3) is 4.41. The van der Waals surface area contributed by atoms with E-state index < -0.39 is 0 Å². The van der Waals surface area contributed by atoms with Crippen molar-refractivity contribution >= 4 is 40.6 Å². The van der Waals surface area contributed by atoms with E-state index in [0.29, 0.717) is 16.5 Å². The summed E-state index contributed by atoms with van der Waals surface area (Å²) in [6, 6.07) is 11.2. The van der Waals surface area contributed by atoms with Crippen LogP contribution in [-0.2, 0) is 4.79 Å². The largest absolute Gasteiger partial charge is 0.398 e. The predicted molar refractivity (Wildman–Crippen MR) is 91.1 cm³/mol. The molecule has 5 heteroatoms. The Labute approximate surface area is 133 Å². The lowest BCUT2D eigenvalue weighted by atomic mass is 10.2. The van der Waals surface area contributed by atoms with Crippen molar-refractivity contribution in [2.75, 3.05) is 16.8 Å². The SMILES string of the molecule is Cc1ccc(N)c(SCC(=O)Nc2cc(Cl)ccc2C)c1. The van der Waals surface area contributed by atoms with Crippen LogP contribution in [0.4, 0.5) is 11.4 Å². The number of nitrogens with two attached hydrogens (primary N) is 1. The Balaban J connectivity index is 1.99. The molecule has 0 fully saturated rings. The van der Waals surface area contributed by atoms with Crippen molar-refractivity contribution in [2.24, 2.45) is 0 Å². The third-order valence-electron chi connectivity index (χ3n) is 3.00. The van der Waals surface area contributed by atoms with Crippen molar-refractivity contribution in [1.82, 2.24) is 0 Å². The lowest BCUT2D eigenvalue weighted by Gasteiger charge is -2.10. The van der Waals surface area contributed by atoms with Gasteiger partial charge in [0.2, 0.25) is 5.91 Å². The molecule has 0 atom stereocenters. The molecule has 0 aliphatic carbocycles. The highest BCUT2D eigenvalue weighted by Crippen LogP contribution is 2.26. The fraction of sp³-hybridized carbons (Fsp3) is 0.188. The van der Waals surface area contributed by atoms with Crippen LogP contribution in [-0.4, -0.2) is 11.7 Å². The van der Waals surface area contributed by atoms with Crippen molar-refractivity contribution in [3.63, 3.8) is 0 Å². The zero-order chi connectivity index (χ0) is 15.4. The van der Waals surface area contributed by atoms with Gasteiger partial charge in [-0.25, -0.2) is 0 Å². The molecule has 21 heavy (non-hydrogen) atoms. The van der Waals surface area contributed by atoms with Crippen LogP contribution in [0.3, 0.4) is 0 Å². The number of thioether (sulfide) groups is 1. The Kier molecular flexibility index (Phi) is 5.15. The van der Waals surface area contributed by atoms with Crippen LogP contribution in [0.2, 0.25) is 5.02 Å². The number of carbonyl (C=O) groups excluding carboxylic acids is 1. The lowest BCUT2D eigenvalue weighted by Crippen LogP contribution is -2.15. The van der Waals surface area contributed by atoms with Gasteiger partial charge in [-0.2, -0.15) is 0 Å². The number of nitrogens with one attached hydrogen (secondary N) is 1. The molecule has 2 rings (SSSR count). The number of halogens is 1. The minimum atomic E-state index is -0.0775. The Morgan fingerprint density at radius 2 is 2.00 bits per heavy atom. The molecule has 2 aromatic rings. The fourth-order valence-corrected chi connectivity index (χ4v) is 2.86. The van der Waals surface area contributed by atoms with Crippen molar-refractivity contribution in [2.45, 2.75) is 18.7 Å². The second-order valence-corrected chi connectivity index (χ2v) is 6.29. The van der Waals surface area contributed by atoms with E-state index in [2.05, 4.69) is 5.32 Å². The Bertz CT molecular complexity index is 673. The van der Waals surface area contributed by atoms with Gasteiger partial charge in [0.15, 0.2) is 0 Å². The number of carbonyl (C=O) groups is 1. The van der Waals surface area contributed by atoms with Crippen LogP contribution in [0.1, 0.15) is 11.1 Å². The highest BCUT2D eigenvalue weighted by atomic mass is 35.5. The average molecular weight is 321 g/mol. The number of anilines is 2. The van der Waals surface area contributed by atoms with E-state index in [9.17, 15) is 4.79 Å². The Morgan fingerprint density at radius 1 is 1.24 bits per heavy atom. The second-order valence-electron chi connectivity index (χ2n) is 4.84. The van der Waals surface area contributed by atoms with Crippen LogP contribution in [0, 0.1) is 13.8 Å². The van der Waals surface area contributed by atoms with E-state index >= 15 is 0 Å². The number of aryl methyl sites for hydroxylation is 2. The molecular weight excluding hydrogens is 304 g/mol. The maximum Gasteiger partial charge on any atom is 0.234 e. The van der Waals surface area contributed by atoms with Gasteiger partial charge in [-0.3, -0.25) is 4.79 Å². The van der Waals surface area contributed by atoms with Crippen molar-refractivity contribution in [3.05, 3.63) is 52.5 Å². The number of hydrogen-bond acceptors (Lipinski definition) is 3. The first-order chi connectivity index (χ1) is 9.95. The molecule has 0 radical (unpaired) electrons. The summed E-state index contributed by atoms with van der Waals surface area (Å²) < 4.78 is 0. The summed E-state index contributed by atoms with van der Waals surface area (Å²) >= 11 is 7.37. The predicted octanol–water partition coefficient (Wildman–Crippen LogP) is 4.27. The molecule has 0 saturated carbocycles. The molecule has 3 nitrogen and oxygen atoms in total. The smallest absolute Gasteiger partial charge is 0.234 e. The van der Waals surface area contributed by atoms with E-state index in [4.69, 9.17) is 17.3 Å². The Hall–Kier alpha value is -1.65. The van der Waals surface area contributed by atoms with Crippen molar-refractivity contribution < 1.29 is 4.79 Å². The molecular formula is C16H17ClN2OS. The van der Waals surface area contributed by atoms with E-state index in [1.165, 1.54) is 11.8 Å². The first kappa shape index (κ1) is 15.7. The maximum atomic E-state index is 12.0. The van der Waals surface area contributed by atoms with Gasteiger partial charge in [0.05, 0.1) is 5.75 Å². The number of benzene rings is 2. The molecule has 0 aromatic heterocycles. The number of amides is 1. The lowest BCUT2D eigenvalue weighted by molar-refractivity contribution is -0.113. The van der Waals surface area contributed by atoms with Gasteiger partial charge in [-0.05, 0) is 49.2 Å². The highest BCUT2D eigenvalue weighted by Gasteiger charge is 2.08. The topological polar surface area (TPSA) is 55.1 Å². The molecule has 1 amide bonds. The quantitative estimate of drug-likeness (QED) is 0.653. The van der Waals surface area contributed by atoms with Crippen LogP contribution in [0.15, 0.2) is 41.3 Å². The molecule has 0 aliphatic rings. The van der Waals surface area contributed by atoms with Crippen LogP contribution < -0.4 is 11.1 Å². The van der Waals surface area contributed by atoms with E-state index in [-0.39, 0.29) is 5.91 Å². The van der Waals surface area contributed by atoms with Gasteiger partial charge < -0.3 is 11.1 Å². The molecule has 0 bridgehead atoms. The summed E-state index contributed by atoms with van der Waals surface area (Å²) in [5, 5.41) is 3.47. The fourth-order valence-electron chi connectivity index (χ4n) is 1.83. The van der Waals surface area contributed by atoms with E-state index in [0.717, 1.165) is 21.7 Å². The van der Waals surface area contributed by atoms with Crippen LogP contribution in [0.5, 0.6) is 0 Å². The normalized spacial score (nSPS) is 10.4. The second kappa shape index (κ2) is 6.87. The number of hydrogen-bond donors (Lipinski definition) is 2. The molecule has 0 unspecified atom stereocenters. The highest BCUT2D eigenvalue weighted by molar-refractivity contribution is 8.00. The van der Waals surface area contributed by atoms with Gasteiger partial charge in [0.25, 0.3) is 0 Å². The Morgan fingerprint density at radius 3 is 2.76 bits per heavy atom. The first-order valence-electron chi connectivity index (χ1n) is 6.50. The summed E-state index contributed by atoms with van der Waals surface area (Å²) in [5.41, 5.74) is 9.44. The number of nitrogen functional groups attached to an aromatic ring is 1. The van der Waals surface area contributed by atoms with Gasteiger partial charge in [0, 0.05) is 21.3 Å². The third-order valence-corrected chi connectivity index (χ3v) is 4.31. The van der Waals surface area contributed by atoms with Gasteiger partial charge >= 0.3 is 0 Å². The summed E-state index contributed by atoms with van der Waals surface area (Å²) in [6.45, 7) is 3.93. The van der Waals surface area contributed by atoms with Crippen LogP contribution >= 0.6 is 23.4 Å². The van der Waals surface area contributed by atoms with Gasteiger partial charge in [-0.15, -0.1) is 11.8 Å². The molecule has 2 aromatic carbocycles. The summed E-state index contributed by atoms with van der Waals surface area (Å²) in [6.07, 6.45) is 0. The van der Waals surface area contributed by atoms with Gasteiger partial charge in [0.1, 0.15) is 0 Å². The van der Waals surface area contributed by atoms with E-state index in [1.807, 2.05) is 38.1 Å². The van der Waals surface area contributed by atoms with Gasteiger partial charge in [-0.1, -0.05) is 23.7 Å². The molecule has 0 spiro atoms. The van der Waals surface area contributed by atoms with Crippen LogP contribution in [0.25, 0.3) is 0 Å². The van der Waals surface area contributed by atoms with Crippen molar-refractivity contribution in [1.29, 1.82) is 0 Å². The van der Waals surface area contributed by atoms with Crippen molar-refractivity contribution in [3.8, 4) is 0 Å². The zero-order valence-corrected chi connectivity index (χ0v) is 13.5. The number of rotatable bonds is 4. The zero-order valence-electron chi connectivity index (χ0n) is 11.9. The summed E-state index contributed by atoms with van der Waals surface area (Å²) in [4.78, 5) is 13.0. The monoisotopic (exact) mass is 320 g/mol. The van der Waals surface area contributed by atoms with E-state index in [1.54, 1.807) is 12.1 Å². The molecule has 0 aliphatic heterocycles. The molecule has 3 N–H and O–H groups in total. The standard InChI is InChI=1S/C16H17ClN2OS/c1-10-3-6-13(18)15(7-10)21-9-16(20)19-14-8-12(17)5-4-11(14)2/h3-8H,9,18H2,1-2H3,(H,19,20). The minimum absolute atomic E-state index is 0.0775.